The Morgan fingerprint density at radius 1 is 0.160 bits per heavy atom. The predicted molar refractivity (Wildman–Crippen MR) is 214 cm³/mol. The summed E-state index contributed by atoms with van der Waals surface area (Å²) in [5.41, 5.74) is 14.7. The maximum absolute atomic E-state index is 2.39. The van der Waals surface area contributed by atoms with Gasteiger partial charge in [-0.2, -0.15) is 0 Å². The van der Waals surface area contributed by atoms with E-state index in [1.807, 2.05) is 0 Å². The van der Waals surface area contributed by atoms with E-state index in [1.165, 1.54) is 88.3 Å². The summed E-state index contributed by atoms with van der Waals surface area (Å²) in [6.45, 7) is 0. The first kappa shape index (κ1) is 29.6. The van der Waals surface area contributed by atoms with Crippen molar-refractivity contribution in [3.63, 3.8) is 0 Å². The molecule has 0 saturated heterocycles. The van der Waals surface area contributed by atoms with Gasteiger partial charge in [0.25, 0.3) is 0 Å². The molecule has 9 rings (SSSR count). The number of fused-ring (bicyclic) bond motifs is 2. The lowest BCUT2D eigenvalue weighted by Gasteiger charge is -2.19. The van der Waals surface area contributed by atoms with Gasteiger partial charge >= 0.3 is 0 Å². The molecule has 0 saturated carbocycles. The molecule has 9 aromatic rings. The maximum Gasteiger partial charge on any atom is -0.00261 e. The van der Waals surface area contributed by atoms with Crippen LogP contribution in [0.2, 0.25) is 0 Å². The van der Waals surface area contributed by atoms with Gasteiger partial charge in [0.2, 0.25) is 0 Å². The number of hydrogen-bond acceptors (Lipinski definition) is 0. The van der Waals surface area contributed by atoms with Crippen LogP contribution < -0.4 is 0 Å². The number of benzene rings is 9. The van der Waals surface area contributed by atoms with Gasteiger partial charge in [-0.1, -0.05) is 182 Å². The standard InChI is InChI=1S/C50H34/c1-5-15-35(16-6-1)41-29-30-47-48(34-41)50(46-24-14-13-23-45(46)49(47)39-21-11-4-12-22-39)40-27-25-38(26-28-40)44-32-42(36-17-7-2-8-18-36)31-43(33-44)37-19-9-3-10-20-37/h1-34H. The molecule has 0 spiro atoms. The van der Waals surface area contributed by atoms with E-state index in [4.69, 9.17) is 0 Å². The van der Waals surface area contributed by atoms with Crippen molar-refractivity contribution in [2.45, 2.75) is 0 Å². The van der Waals surface area contributed by atoms with E-state index in [0.717, 1.165) is 0 Å². The fraction of sp³-hybridized carbons (Fsp3) is 0. The van der Waals surface area contributed by atoms with Gasteiger partial charge in [0.1, 0.15) is 0 Å². The van der Waals surface area contributed by atoms with E-state index in [2.05, 4.69) is 206 Å². The van der Waals surface area contributed by atoms with Crippen molar-refractivity contribution in [3.8, 4) is 66.8 Å². The van der Waals surface area contributed by atoms with Crippen molar-refractivity contribution in [1.29, 1.82) is 0 Å². The molecular formula is C50H34. The van der Waals surface area contributed by atoms with Crippen LogP contribution in [-0.4, -0.2) is 0 Å². The molecule has 0 N–H and O–H groups in total. The molecule has 0 aromatic heterocycles. The molecule has 0 amide bonds. The fourth-order valence-electron chi connectivity index (χ4n) is 7.43. The summed E-state index contributed by atoms with van der Waals surface area (Å²) in [5, 5.41) is 5.04. The summed E-state index contributed by atoms with van der Waals surface area (Å²) < 4.78 is 0. The predicted octanol–water partition coefficient (Wildman–Crippen LogP) is 14.0. The van der Waals surface area contributed by atoms with Crippen molar-refractivity contribution in [2.75, 3.05) is 0 Å². The maximum atomic E-state index is 2.39. The van der Waals surface area contributed by atoms with Crippen molar-refractivity contribution < 1.29 is 0 Å². The molecule has 9 aromatic carbocycles. The Bertz CT molecular complexity index is 2530. The van der Waals surface area contributed by atoms with Gasteiger partial charge < -0.3 is 0 Å². The minimum absolute atomic E-state index is 1.20. The van der Waals surface area contributed by atoms with E-state index >= 15 is 0 Å². The van der Waals surface area contributed by atoms with Crippen LogP contribution in [0.3, 0.4) is 0 Å². The van der Waals surface area contributed by atoms with E-state index < -0.39 is 0 Å². The topological polar surface area (TPSA) is 0 Å². The summed E-state index contributed by atoms with van der Waals surface area (Å²) in [6.07, 6.45) is 0. The van der Waals surface area contributed by atoms with Crippen LogP contribution in [0.1, 0.15) is 0 Å². The molecule has 0 aliphatic heterocycles. The molecule has 0 atom stereocenters. The Morgan fingerprint density at radius 3 is 0.940 bits per heavy atom. The monoisotopic (exact) mass is 634 g/mol. The van der Waals surface area contributed by atoms with Crippen LogP contribution in [0.25, 0.3) is 88.3 Å². The van der Waals surface area contributed by atoms with Crippen LogP contribution in [0.5, 0.6) is 0 Å². The minimum atomic E-state index is 1.20. The van der Waals surface area contributed by atoms with Crippen LogP contribution in [0.15, 0.2) is 206 Å². The summed E-state index contributed by atoms with van der Waals surface area (Å²) in [5.74, 6) is 0. The van der Waals surface area contributed by atoms with Crippen LogP contribution in [-0.2, 0) is 0 Å². The summed E-state index contributed by atoms with van der Waals surface area (Å²) in [7, 11) is 0. The minimum Gasteiger partial charge on any atom is -0.0622 e. The molecule has 0 heteroatoms. The van der Waals surface area contributed by atoms with Crippen molar-refractivity contribution in [1.82, 2.24) is 0 Å². The molecule has 0 aliphatic rings. The van der Waals surface area contributed by atoms with E-state index in [-0.39, 0.29) is 0 Å². The normalized spacial score (nSPS) is 11.2. The first-order valence-electron chi connectivity index (χ1n) is 17.3. The van der Waals surface area contributed by atoms with Crippen molar-refractivity contribution in [3.05, 3.63) is 206 Å². The largest absolute Gasteiger partial charge is 0.0622 e. The van der Waals surface area contributed by atoms with Gasteiger partial charge in [-0.15, -0.1) is 0 Å². The third-order valence-electron chi connectivity index (χ3n) is 9.85. The van der Waals surface area contributed by atoms with Crippen molar-refractivity contribution >= 4 is 21.5 Å². The molecule has 0 bridgehead atoms. The molecule has 0 heterocycles. The highest BCUT2D eigenvalue weighted by atomic mass is 14.2. The third kappa shape index (κ3) is 5.48. The van der Waals surface area contributed by atoms with Gasteiger partial charge in [-0.25, -0.2) is 0 Å². The quantitative estimate of drug-likeness (QED) is 0.160. The smallest absolute Gasteiger partial charge is 0.00261 e. The lowest BCUT2D eigenvalue weighted by Crippen LogP contribution is -1.92. The Hall–Kier alpha value is -6.50. The first-order chi connectivity index (χ1) is 24.8. The summed E-state index contributed by atoms with van der Waals surface area (Å²) in [6, 6.07) is 74.9. The van der Waals surface area contributed by atoms with E-state index in [0.29, 0.717) is 0 Å². The van der Waals surface area contributed by atoms with Crippen LogP contribution in [0.4, 0.5) is 0 Å². The Morgan fingerprint density at radius 2 is 0.460 bits per heavy atom. The van der Waals surface area contributed by atoms with E-state index in [1.54, 1.807) is 0 Å². The van der Waals surface area contributed by atoms with Gasteiger partial charge in [0.05, 0.1) is 0 Å². The SMILES string of the molecule is c1ccc(-c2cc(-c3ccccc3)cc(-c3ccc(-c4c5ccccc5c(-c5ccccc5)c5ccc(-c6ccccc6)cc45)cc3)c2)cc1. The Labute approximate surface area is 293 Å². The van der Waals surface area contributed by atoms with Gasteiger partial charge in [-0.05, 0) is 113 Å². The van der Waals surface area contributed by atoms with Gasteiger partial charge in [0.15, 0.2) is 0 Å². The molecule has 0 unspecified atom stereocenters. The Kier molecular flexibility index (Phi) is 7.61. The first-order valence-corrected chi connectivity index (χ1v) is 17.3. The second kappa shape index (κ2) is 12.8. The second-order valence-corrected chi connectivity index (χ2v) is 12.9. The Balaban J connectivity index is 1.25. The number of rotatable bonds is 6. The molecule has 0 fully saturated rings. The van der Waals surface area contributed by atoms with Crippen LogP contribution in [0, 0.1) is 0 Å². The second-order valence-electron chi connectivity index (χ2n) is 12.9. The average molecular weight is 635 g/mol. The molecule has 0 radical (unpaired) electrons. The molecule has 0 aliphatic carbocycles. The summed E-state index contributed by atoms with van der Waals surface area (Å²) >= 11 is 0. The molecule has 0 nitrogen and oxygen atoms in total. The third-order valence-corrected chi connectivity index (χ3v) is 9.85. The number of hydrogen-bond donors (Lipinski definition) is 0. The fourth-order valence-corrected chi connectivity index (χ4v) is 7.43. The highest BCUT2D eigenvalue weighted by molar-refractivity contribution is 6.22. The highest BCUT2D eigenvalue weighted by Gasteiger charge is 2.18. The molecule has 50 heavy (non-hydrogen) atoms. The van der Waals surface area contributed by atoms with Crippen LogP contribution >= 0.6 is 0 Å². The zero-order chi connectivity index (χ0) is 33.3. The lowest BCUT2D eigenvalue weighted by molar-refractivity contribution is 1.56. The molecular weight excluding hydrogens is 601 g/mol. The highest BCUT2D eigenvalue weighted by Crippen LogP contribution is 2.45. The lowest BCUT2D eigenvalue weighted by atomic mass is 9.84. The summed E-state index contributed by atoms with van der Waals surface area (Å²) in [4.78, 5) is 0. The van der Waals surface area contributed by atoms with E-state index in [9.17, 15) is 0 Å². The van der Waals surface area contributed by atoms with Gasteiger partial charge in [-0.3, -0.25) is 0 Å². The average Bonchev–Trinajstić information content (AvgIpc) is 3.21. The van der Waals surface area contributed by atoms with Gasteiger partial charge in [0, 0.05) is 0 Å². The molecule has 234 valence electrons. The van der Waals surface area contributed by atoms with Crippen molar-refractivity contribution in [2.24, 2.45) is 0 Å². The zero-order valence-corrected chi connectivity index (χ0v) is 27.6. The zero-order valence-electron chi connectivity index (χ0n) is 27.6.